The van der Waals surface area contributed by atoms with Crippen molar-refractivity contribution >= 4 is 0 Å². The second-order valence-corrected chi connectivity index (χ2v) is 6.87. The van der Waals surface area contributed by atoms with Crippen molar-refractivity contribution in [2.24, 2.45) is 17.6 Å². The molecule has 2 rings (SSSR count). The molecule has 0 aromatic heterocycles. The standard InChI is InChI=1S/C16H33N3/c1-4-15-12-19(9-8-18(15)3)16(11-17)14-7-5-6-13(2)10-14/h13-16H,4-12,17H2,1-3H3. The highest BCUT2D eigenvalue weighted by Gasteiger charge is 2.33. The number of likely N-dealkylation sites (N-methyl/N-ethyl adjacent to an activating group) is 1. The molecule has 19 heavy (non-hydrogen) atoms. The van der Waals surface area contributed by atoms with Crippen molar-refractivity contribution in [1.82, 2.24) is 9.80 Å². The van der Waals surface area contributed by atoms with Crippen molar-refractivity contribution in [1.29, 1.82) is 0 Å². The molecule has 1 aliphatic carbocycles. The van der Waals surface area contributed by atoms with Crippen LogP contribution in [0, 0.1) is 11.8 Å². The van der Waals surface area contributed by atoms with Crippen molar-refractivity contribution in [3.05, 3.63) is 0 Å². The fraction of sp³-hybridized carbons (Fsp3) is 1.00. The van der Waals surface area contributed by atoms with E-state index in [4.69, 9.17) is 5.73 Å². The van der Waals surface area contributed by atoms with Gasteiger partial charge >= 0.3 is 0 Å². The summed E-state index contributed by atoms with van der Waals surface area (Å²) in [6.07, 6.45) is 6.88. The lowest BCUT2D eigenvalue weighted by molar-refractivity contribution is 0.0316. The topological polar surface area (TPSA) is 32.5 Å². The van der Waals surface area contributed by atoms with E-state index in [1.54, 1.807) is 0 Å². The molecule has 0 spiro atoms. The van der Waals surface area contributed by atoms with Gasteiger partial charge in [0, 0.05) is 38.3 Å². The highest BCUT2D eigenvalue weighted by atomic mass is 15.3. The van der Waals surface area contributed by atoms with E-state index in [1.165, 1.54) is 51.7 Å². The molecule has 3 heteroatoms. The van der Waals surface area contributed by atoms with Crippen molar-refractivity contribution in [2.45, 2.75) is 58.0 Å². The second-order valence-electron chi connectivity index (χ2n) is 6.87. The maximum atomic E-state index is 6.15. The normalized spacial score (nSPS) is 36.3. The Morgan fingerprint density at radius 2 is 2.05 bits per heavy atom. The van der Waals surface area contributed by atoms with Crippen LogP contribution in [0.1, 0.15) is 46.0 Å². The van der Waals surface area contributed by atoms with Crippen LogP contribution in [0.2, 0.25) is 0 Å². The van der Waals surface area contributed by atoms with Gasteiger partial charge in [0.15, 0.2) is 0 Å². The first-order valence-electron chi connectivity index (χ1n) is 8.30. The lowest BCUT2D eigenvalue weighted by atomic mass is 9.78. The molecule has 2 aliphatic rings. The molecule has 1 heterocycles. The zero-order valence-corrected chi connectivity index (χ0v) is 13.1. The highest BCUT2D eigenvalue weighted by Crippen LogP contribution is 2.33. The quantitative estimate of drug-likeness (QED) is 0.847. The van der Waals surface area contributed by atoms with E-state index in [1.807, 2.05) is 0 Å². The molecule has 1 saturated carbocycles. The van der Waals surface area contributed by atoms with E-state index in [0.717, 1.165) is 24.4 Å². The van der Waals surface area contributed by atoms with Crippen LogP contribution >= 0.6 is 0 Å². The largest absolute Gasteiger partial charge is 0.329 e. The zero-order chi connectivity index (χ0) is 13.8. The zero-order valence-electron chi connectivity index (χ0n) is 13.1. The number of hydrogen-bond donors (Lipinski definition) is 1. The molecule has 0 bridgehead atoms. The van der Waals surface area contributed by atoms with Gasteiger partial charge in [-0.05, 0) is 38.1 Å². The minimum atomic E-state index is 0.630. The molecule has 0 amide bonds. The minimum Gasteiger partial charge on any atom is -0.329 e. The Morgan fingerprint density at radius 3 is 2.68 bits per heavy atom. The highest BCUT2D eigenvalue weighted by molar-refractivity contribution is 4.89. The van der Waals surface area contributed by atoms with Gasteiger partial charge in [0.2, 0.25) is 0 Å². The predicted molar refractivity (Wildman–Crippen MR) is 82.2 cm³/mol. The molecule has 2 fully saturated rings. The molecule has 4 unspecified atom stereocenters. The average Bonchev–Trinajstić information content (AvgIpc) is 2.41. The molecule has 4 atom stereocenters. The van der Waals surface area contributed by atoms with Gasteiger partial charge in [0.05, 0.1) is 0 Å². The fourth-order valence-electron chi connectivity index (χ4n) is 4.18. The lowest BCUT2D eigenvalue weighted by Crippen LogP contribution is -2.58. The number of nitrogens with zero attached hydrogens (tertiary/aromatic N) is 2. The number of piperazine rings is 1. The van der Waals surface area contributed by atoms with Crippen LogP contribution in [0.25, 0.3) is 0 Å². The van der Waals surface area contributed by atoms with Gasteiger partial charge in [-0.25, -0.2) is 0 Å². The third kappa shape index (κ3) is 3.71. The average molecular weight is 267 g/mol. The maximum Gasteiger partial charge on any atom is 0.0247 e. The van der Waals surface area contributed by atoms with Gasteiger partial charge in [-0.1, -0.05) is 26.7 Å². The molecule has 1 saturated heterocycles. The SMILES string of the molecule is CCC1CN(C(CN)C2CCCC(C)C2)CCN1C. The number of nitrogens with two attached hydrogens (primary N) is 1. The van der Waals surface area contributed by atoms with Gasteiger partial charge in [0.25, 0.3) is 0 Å². The Kier molecular flexibility index (Phi) is 5.67. The summed E-state index contributed by atoms with van der Waals surface area (Å²) in [5, 5.41) is 0. The summed E-state index contributed by atoms with van der Waals surface area (Å²) in [6, 6.07) is 1.36. The van der Waals surface area contributed by atoms with Gasteiger partial charge < -0.3 is 10.6 Å². The fourth-order valence-corrected chi connectivity index (χ4v) is 4.18. The molecule has 0 radical (unpaired) electrons. The molecule has 2 N–H and O–H groups in total. The van der Waals surface area contributed by atoms with Crippen LogP contribution in [-0.2, 0) is 0 Å². The Hall–Kier alpha value is -0.120. The third-order valence-electron chi connectivity index (χ3n) is 5.51. The smallest absolute Gasteiger partial charge is 0.0247 e. The van der Waals surface area contributed by atoms with Crippen LogP contribution in [0.15, 0.2) is 0 Å². The first kappa shape index (κ1) is 15.3. The van der Waals surface area contributed by atoms with Crippen LogP contribution < -0.4 is 5.73 Å². The summed E-state index contributed by atoms with van der Waals surface area (Å²) < 4.78 is 0. The summed E-state index contributed by atoms with van der Waals surface area (Å²) in [4.78, 5) is 5.23. The maximum absolute atomic E-state index is 6.15. The molecular formula is C16H33N3. The first-order chi connectivity index (χ1) is 9.15. The van der Waals surface area contributed by atoms with Gasteiger partial charge in [-0.3, -0.25) is 4.90 Å². The van der Waals surface area contributed by atoms with E-state index in [0.29, 0.717) is 6.04 Å². The summed E-state index contributed by atoms with van der Waals surface area (Å²) in [6.45, 7) is 9.21. The summed E-state index contributed by atoms with van der Waals surface area (Å²) in [5.41, 5.74) is 6.15. The summed E-state index contributed by atoms with van der Waals surface area (Å²) >= 11 is 0. The van der Waals surface area contributed by atoms with E-state index < -0.39 is 0 Å². The molecular weight excluding hydrogens is 234 g/mol. The third-order valence-corrected chi connectivity index (χ3v) is 5.51. The first-order valence-corrected chi connectivity index (χ1v) is 8.30. The van der Waals surface area contributed by atoms with Crippen molar-refractivity contribution in [2.75, 3.05) is 33.2 Å². The van der Waals surface area contributed by atoms with E-state index in [-0.39, 0.29) is 0 Å². The molecule has 0 aromatic carbocycles. The van der Waals surface area contributed by atoms with Crippen LogP contribution in [0.5, 0.6) is 0 Å². The molecule has 1 aliphatic heterocycles. The van der Waals surface area contributed by atoms with Crippen molar-refractivity contribution < 1.29 is 0 Å². The van der Waals surface area contributed by atoms with Crippen molar-refractivity contribution in [3.8, 4) is 0 Å². The Labute approximate surface area is 119 Å². The lowest BCUT2D eigenvalue weighted by Gasteiger charge is -2.46. The van der Waals surface area contributed by atoms with Gasteiger partial charge in [-0.15, -0.1) is 0 Å². The molecule has 3 nitrogen and oxygen atoms in total. The van der Waals surface area contributed by atoms with E-state index >= 15 is 0 Å². The molecule has 0 aromatic rings. The minimum absolute atomic E-state index is 0.630. The van der Waals surface area contributed by atoms with Gasteiger partial charge in [-0.2, -0.15) is 0 Å². The predicted octanol–water partition coefficient (Wildman–Crippen LogP) is 2.17. The number of rotatable bonds is 4. The monoisotopic (exact) mass is 267 g/mol. The number of hydrogen-bond acceptors (Lipinski definition) is 3. The summed E-state index contributed by atoms with van der Waals surface area (Å²) in [5.74, 6) is 1.75. The Bertz CT molecular complexity index is 269. The Balaban J connectivity index is 1.96. The molecule has 112 valence electrons. The Morgan fingerprint density at radius 1 is 1.26 bits per heavy atom. The summed E-state index contributed by atoms with van der Waals surface area (Å²) in [7, 11) is 2.27. The van der Waals surface area contributed by atoms with Crippen molar-refractivity contribution in [3.63, 3.8) is 0 Å². The second kappa shape index (κ2) is 7.05. The van der Waals surface area contributed by atoms with Crippen LogP contribution in [0.4, 0.5) is 0 Å². The van der Waals surface area contributed by atoms with E-state index in [9.17, 15) is 0 Å². The van der Waals surface area contributed by atoms with Crippen LogP contribution in [0.3, 0.4) is 0 Å². The van der Waals surface area contributed by atoms with Gasteiger partial charge in [0.1, 0.15) is 0 Å². The van der Waals surface area contributed by atoms with Crippen LogP contribution in [-0.4, -0.2) is 55.1 Å². The van der Waals surface area contributed by atoms with E-state index in [2.05, 4.69) is 30.7 Å².